The van der Waals surface area contributed by atoms with Crippen LogP contribution >= 0.6 is 11.6 Å². The van der Waals surface area contributed by atoms with Gasteiger partial charge in [-0.05, 0) is 36.5 Å². The molecule has 1 N–H and O–H groups in total. The van der Waals surface area contributed by atoms with E-state index in [1.807, 2.05) is 13.0 Å². The molecule has 0 atom stereocenters. The van der Waals surface area contributed by atoms with Gasteiger partial charge in [-0.15, -0.1) is 11.6 Å². The van der Waals surface area contributed by atoms with Crippen LogP contribution in [0.25, 0.3) is 0 Å². The Labute approximate surface area is 102 Å². The number of benzene rings is 1. The maximum absolute atomic E-state index is 11.3. The number of hydrogen-bond acceptors (Lipinski definition) is 1. The van der Waals surface area contributed by atoms with Crippen LogP contribution in [0.15, 0.2) is 18.2 Å². The fraction of sp³-hybridized carbons (Fsp3) is 0.462. The molecule has 0 aliphatic carbocycles. The molecule has 1 aromatic rings. The van der Waals surface area contributed by atoms with Crippen molar-refractivity contribution in [1.29, 1.82) is 0 Å². The molecule has 0 saturated carbocycles. The summed E-state index contributed by atoms with van der Waals surface area (Å²) < 4.78 is 0. The molecular formula is C13H18ClNO. The van der Waals surface area contributed by atoms with Crippen molar-refractivity contribution in [2.45, 2.75) is 27.2 Å². The SMILES string of the molecule is Cc1ccc(CC(C)C)c(NC(=O)CCl)c1. The number of carbonyl (C=O) groups excluding carboxylic acids is 1. The molecule has 0 spiro atoms. The van der Waals surface area contributed by atoms with E-state index in [-0.39, 0.29) is 11.8 Å². The summed E-state index contributed by atoms with van der Waals surface area (Å²) in [5.41, 5.74) is 3.19. The molecule has 1 aromatic carbocycles. The first-order valence-corrected chi connectivity index (χ1v) is 6.01. The van der Waals surface area contributed by atoms with Crippen molar-refractivity contribution >= 4 is 23.2 Å². The zero-order valence-electron chi connectivity index (χ0n) is 10.0. The summed E-state index contributed by atoms with van der Waals surface area (Å²) in [7, 11) is 0. The summed E-state index contributed by atoms with van der Waals surface area (Å²) in [5, 5.41) is 2.84. The molecule has 88 valence electrons. The second-order valence-electron chi connectivity index (χ2n) is 4.44. The summed E-state index contributed by atoms with van der Waals surface area (Å²) >= 11 is 5.49. The number of halogens is 1. The van der Waals surface area contributed by atoms with Gasteiger partial charge in [-0.2, -0.15) is 0 Å². The van der Waals surface area contributed by atoms with Gasteiger partial charge in [-0.25, -0.2) is 0 Å². The van der Waals surface area contributed by atoms with E-state index in [2.05, 4.69) is 31.3 Å². The maximum atomic E-state index is 11.3. The highest BCUT2D eigenvalue weighted by molar-refractivity contribution is 6.29. The molecule has 0 fully saturated rings. The molecule has 0 aliphatic rings. The first-order valence-electron chi connectivity index (χ1n) is 5.48. The van der Waals surface area contributed by atoms with Gasteiger partial charge < -0.3 is 5.32 Å². The largest absolute Gasteiger partial charge is 0.325 e. The lowest BCUT2D eigenvalue weighted by atomic mass is 10.00. The molecular weight excluding hydrogens is 222 g/mol. The standard InChI is InChI=1S/C13H18ClNO/c1-9(2)6-11-5-4-10(3)7-12(11)15-13(16)8-14/h4-5,7,9H,6,8H2,1-3H3,(H,15,16). The Bertz CT molecular complexity index is 374. The van der Waals surface area contributed by atoms with Crippen LogP contribution < -0.4 is 5.32 Å². The molecule has 2 nitrogen and oxygen atoms in total. The van der Waals surface area contributed by atoms with Crippen LogP contribution in [-0.2, 0) is 11.2 Å². The number of rotatable bonds is 4. The molecule has 0 aliphatic heterocycles. The fourth-order valence-electron chi connectivity index (χ4n) is 1.61. The number of hydrogen-bond donors (Lipinski definition) is 1. The van der Waals surface area contributed by atoms with Crippen LogP contribution in [0, 0.1) is 12.8 Å². The van der Waals surface area contributed by atoms with Gasteiger partial charge in [-0.1, -0.05) is 26.0 Å². The summed E-state index contributed by atoms with van der Waals surface area (Å²) in [6.45, 7) is 6.33. The Morgan fingerprint density at radius 2 is 2.12 bits per heavy atom. The highest BCUT2D eigenvalue weighted by atomic mass is 35.5. The van der Waals surface area contributed by atoms with Crippen molar-refractivity contribution in [2.24, 2.45) is 5.92 Å². The fourth-order valence-corrected chi connectivity index (χ4v) is 1.67. The van der Waals surface area contributed by atoms with Gasteiger partial charge in [0.2, 0.25) is 5.91 Å². The number of anilines is 1. The van der Waals surface area contributed by atoms with Crippen molar-refractivity contribution in [3.8, 4) is 0 Å². The van der Waals surface area contributed by atoms with Gasteiger partial charge in [-0.3, -0.25) is 4.79 Å². The van der Waals surface area contributed by atoms with Gasteiger partial charge in [0.15, 0.2) is 0 Å². The first-order chi connectivity index (χ1) is 7.52. The Morgan fingerprint density at radius 3 is 2.69 bits per heavy atom. The van der Waals surface area contributed by atoms with E-state index in [1.165, 1.54) is 5.56 Å². The molecule has 0 aromatic heterocycles. The number of alkyl halides is 1. The van der Waals surface area contributed by atoms with Crippen LogP contribution in [0.1, 0.15) is 25.0 Å². The normalized spacial score (nSPS) is 10.6. The van der Waals surface area contributed by atoms with Crippen molar-refractivity contribution in [1.82, 2.24) is 0 Å². The predicted octanol–water partition coefficient (Wildman–Crippen LogP) is 3.37. The van der Waals surface area contributed by atoms with Crippen LogP contribution in [0.5, 0.6) is 0 Å². The lowest BCUT2D eigenvalue weighted by Crippen LogP contribution is -2.14. The minimum absolute atomic E-state index is 0.00490. The van der Waals surface area contributed by atoms with Crippen LogP contribution in [0.2, 0.25) is 0 Å². The highest BCUT2D eigenvalue weighted by Gasteiger charge is 2.07. The topological polar surface area (TPSA) is 29.1 Å². The van der Waals surface area contributed by atoms with Gasteiger partial charge in [0.1, 0.15) is 5.88 Å². The summed E-state index contributed by atoms with van der Waals surface area (Å²) in [6, 6.07) is 6.12. The number of amides is 1. The Hall–Kier alpha value is -1.02. The van der Waals surface area contributed by atoms with Crippen molar-refractivity contribution < 1.29 is 4.79 Å². The Kier molecular flexibility index (Phi) is 4.81. The average Bonchev–Trinajstić information content (AvgIpc) is 2.21. The third-order valence-electron chi connectivity index (χ3n) is 2.29. The predicted molar refractivity (Wildman–Crippen MR) is 69.1 cm³/mol. The second kappa shape index (κ2) is 5.90. The molecule has 1 amide bonds. The van der Waals surface area contributed by atoms with Crippen LogP contribution in [0.3, 0.4) is 0 Å². The van der Waals surface area contributed by atoms with E-state index >= 15 is 0 Å². The zero-order valence-corrected chi connectivity index (χ0v) is 10.8. The third kappa shape index (κ3) is 3.86. The maximum Gasteiger partial charge on any atom is 0.239 e. The molecule has 0 saturated heterocycles. The smallest absolute Gasteiger partial charge is 0.239 e. The molecule has 0 unspecified atom stereocenters. The van der Waals surface area contributed by atoms with Gasteiger partial charge in [0, 0.05) is 5.69 Å². The van der Waals surface area contributed by atoms with Crippen LogP contribution in [-0.4, -0.2) is 11.8 Å². The molecule has 0 heterocycles. The Balaban J connectivity index is 2.93. The summed E-state index contributed by atoms with van der Waals surface area (Å²) in [6.07, 6.45) is 0.957. The van der Waals surface area contributed by atoms with E-state index in [4.69, 9.17) is 11.6 Å². The van der Waals surface area contributed by atoms with E-state index in [0.717, 1.165) is 17.7 Å². The van der Waals surface area contributed by atoms with Crippen molar-refractivity contribution in [2.75, 3.05) is 11.2 Å². The highest BCUT2D eigenvalue weighted by Crippen LogP contribution is 2.20. The van der Waals surface area contributed by atoms with E-state index in [0.29, 0.717) is 5.92 Å². The first kappa shape index (κ1) is 13.0. The van der Waals surface area contributed by atoms with E-state index < -0.39 is 0 Å². The molecule has 0 bridgehead atoms. The quantitative estimate of drug-likeness (QED) is 0.802. The number of aryl methyl sites for hydroxylation is 1. The molecule has 16 heavy (non-hydrogen) atoms. The van der Waals surface area contributed by atoms with Crippen molar-refractivity contribution in [3.05, 3.63) is 29.3 Å². The van der Waals surface area contributed by atoms with E-state index in [9.17, 15) is 4.79 Å². The minimum atomic E-state index is -0.155. The van der Waals surface area contributed by atoms with E-state index in [1.54, 1.807) is 0 Å². The lowest BCUT2D eigenvalue weighted by Gasteiger charge is -2.13. The van der Waals surface area contributed by atoms with Gasteiger partial charge in [0.25, 0.3) is 0 Å². The van der Waals surface area contributed by atoms with Crippen LogP contribution in [0.4, 0.5) is 5.69 Å². The van der Waals surface area contributed by atoms with Crippen molar-refractivity contribution in [3.63, 3.8) is 0 Å². The monoisotopic (exact) mass is 239 g/mol. The van der Waals surface area contributed by atoms with Gasteiger partial charge >= 0.3 is 0 Å². The molecule has 0 radical (unpaired) electrons. The second-order valence-corrected chi connectivity index (χ2v) is 4.71. The molecule has 3 heteroatoms. The Morgan fingerprint density at radius 1 is 1.44 bits per heavy atom. The average molecular weight is 240 g/mol. The third-order valence-corrected chi connectivity index (χ3v) is 2.53. The summed E-state index contributed by atoms with van der Waals surface area (Å²) in [4.78, 5) is 11.3. The lowest BCUT2D eigenvalue weighted by molar-refractivity contribution is -0.113. The number of nitrogens with one attached hydrogen (secondary N) is 1. The molecule has 1 rings (SSSR count). The number of carbonyl (C=O) groups is 1. The van der Waals surface area contributed by atoms with Gasteiger partial charge in [0.05, 0.1) is 0 Å². The zero-order chi connectivity index (χ0) is 12.1. The minimum Gasteiger partial charge on any atom is -0.325 e. The summed E-state index contributed by atoms with van der Waals surface area (Å²) in [5.74, 6) is 0.404.